The minimum atomic E-state index is -2.44. The van der Waals surface area contributed by atoms with Crippen LogP contribution in [0.3, 0.4) is 0 Å². The number of halogens is 2. The lowest BCUT2D eigenvalue weighted by molar-refractivity contribution is -0.150. The van der Waals surface area contributed by atoms with E-state index >= 15 is 0 Å². The maximum Gasteiger partial charge on any atom is 0.251 e. The average molecular weight is 191 g/mol. The van der Waals surface area contributed by atoms with Crippen LogP contribution < -0.4 is 5.32 Å². The highest BCUT2D eigenvalue weighted by Gasteiger charge is 2.57. The van der Waals surface area contributed by atoms with Crippen LogP contribution in [0.5, 0.6) is 0 Å². The zero-order valence-electron chi connectivity index (χ0n) is 8.82. The second-order valence-electron chi connectivity index (χ2n) is 4.82. The Hall–Kier alpha value is -0.180. The molecule has 3 heteroatoms. The minimum absolute atomic E-state index is 0.00412. The number of rotatable bonds is 3. The van der Waals surface area contributed by atoms with Crippen molar-refractivity contribution < 1.29 is 8.78 Å². The molecular formula is C10H19F2N. The van der Waals surface area contributed by atoms with E-state index in [1.165, 1.54) is 0 Å². The molecule has 0 aromatic rings. The van der Waals surface area contributed by atoms with Crippen molar-refractivity contribution in [3.8, 4) is 0 Å². The summed E-state index contributed by atoms with van der Waals surface area (Å²) in [5, 5.41) is 3.27. The van der Waals surface area contributed by atoms with Crippen LogP contribution in [0.1, 0.15) is 40.5 Å². The van der Waals surface area contributed by atoms with Gasteiger partial charge >= 0.3 is 0 Å². The monoisotopic (exact) mass is 191 g/mol. The Morgan fingerprint density at radius 2 is 1.54 bits per heavy atom. The molecule has 78 valence electrons. The molecule has 0 aliphatic heterocycles. The third-order valence-corrected chi connectivity index (χ3v) is 2.83. The van der Waals surface area contributed by atoms with Crippen molar-refractivity contribution in [2.24, 2.45) is 5.92 Å². The third-order valence-electron chi connectivity index (χ3n) is 2.83. The fourth-order valence-corrected chi connectivity index (χ4v) is 2.12. The summed E-state index contributed by atoms with van der Waals surface area (Å²) in [5.74, 6) is -2.17. The summed E-state index contributed by atoms with van der Waals surface area (Å²) in [6.07, 6.45) is -0.00824. The largest absolute Gasteiger partial charge is 0.308 e. The molecular weight excluding hydrogens is 172 g/mol. The van der Waals surface area contributed by atoms with Gasteiger partial charge < -0.3 is 5.32 Å². The lowest BCUT2D eigenvalue weighted by Crippen LogP contribution is -2.65. The van der Waals surface area contributed by atoms with E-state index in [-0.39, 0.29) is 30.3 Å². The molecule has 0 spiro atoms. The summed E-state index contributed by atoms with van der Waals surface area (Å²) in [6.45, 7) is 8.01. The lowest BCUT2D eigenvalue weighted by atomic mass is 9.66. The van der Waals surface area contributed by atoms with Crippen LogP contribution in [0, 0.1) is 5.92 Å². The summed E-state index contributed by atoms with van der Waals surface area (Å²) >= 11 is 0. The van der Waals surface area contributed by atoms with Crippen molar-refractivity contribution in [3.05, 3.63) is 0 Å². The maximum absolute atomic E-state index is 12.8. The molecule has 0 amide bonds. The fourth-order valence-electron chi connectivity index (χ4n) is 2.12. The van der Waals surface area contributed by atoms with Crippen LogP contribution in [-0.4, -0.2) is 17.5 Å². The molecule has 0 heterocycles. The summed E-state index contributed by atoms with van der Waals surface area (Å²) in [7, 11) is 0. The molecule has 1 N–H and O–H groups in total. The topological polar surface area (TPSA) is 12.0 Å². The lowest BCUT2D eigenvalue weighted by Gasteiger charge is -2.52. The quantitative estimate of drug-likeness (QED) is 0.723. The Morgan fingerprint density at radius 3 is 1.77 bits per heavy atom. The second-order valence-corrected chi connectivity index (χ2v) is 4.82. The molecule has 1 fully saturated rings. The number of hydrogen-bond donors (Lipinski definition) is 1. The average Bonchev–Trinajstić information content (AvgIpc) is 1.80. The van der Waals surface area contributed by atoms with Crippen LogP contribution in [0.15, 0.2) is 0 Å². The van der Waals surface area contributed by atoms with E-state index in [4.69, 9.17) is 0 Å². The van der Waals surface area contributed by atoms with Crippen molar-refractivity contribution >= 4 is 0 Å². The van der Waals surface area contributed by atoms with Gasteiger partial charge in [0.1, 0.15) is 0 Å². The highest BCUT2D eigenvalue weighted by molar-refractivity contribution is 5.07. The SMILES string of the molecule is CC(C)NC1(C(C)C)CC(F)(F)C1. The highest BCUT2D eigenvalue weighted by atomic mass is 19.3. The van der Waals surface area contributed by atoms with Gasteiger partial charge in [0.05, 0.1) is 0 Å². The van der Waals surface area contributed by atoms with Crippen molar-refractivity contribution in [3.63, 3.8) is 0 Å². The Kier molecular flexibility index (Phi) is 2.68. The molecule has 0 radical (unpaired) electrons. The van der Waals surface area contributed by atoms with E-state index < -0.39 is 5.92 Å². The first kappa shape index (κ1) is 10.9. The molecule has 1 rings (SSSR count). The van der Waals surface area contributed by atoms with Crippen molar-refractivity contribution in [1.82, 2.24) is 5.32 Å². The normalized spacial score (nSPS) is 24.9. The van der Waals surface area contributed by atoms with E-state index in [0.29, 0.717) is 0 Å². The van der Waals surface area contributed by atoms with Gasteiger partial charge in [0.2, 0.25) is 0 Å². The zero-order valence-corrected chi connectivity index (χ0v) is 8.82. The molecule has 0 saturated heterocycles. The smallest absolute Gasteiger partial charge is 0.251 e. The molecule has 0 bridgehead atoms. The summed E-state index contributed by atoms with van der Waals surface area (Å²) in [6, 6.07) is 0.276. The summed E-state index contributed by atoms with van der Waals surface area (Å²) in [4.78, 5) is 0. The van der Waals surface area contributed by atoms with Gasteiger partial charge in [0.15, 0.2) is 0 Å². The Balaban J connectivity index is 2.60. The molecule has 0 aromatic carbocycles. The molecule has 0 atom stereocenters. The molecule has 1 nitrogen and oxygen atoms in total. The van der Waals surface area contributed by atoms with Gasteiger partial charge in [-0.2, -0.15) is 0 Å². The summed E-state index contributed by atoms with van der Waals surface area (Å²) < 4.78 is 25.6. The van der Waals surface area contributed by atoms with E-state index in [2.05, 4.69) is 5.32 Å². The zero-order chi connectivity index (χ0) is 10.3. The predicted molar refractivity (Wildman–Crippen MR) is 50.0 cm³/mol. The molecule has 1 saturated carbocycles. The van der Waals surface area contributed by atoms with Crippen LogP contribution in [0.4, 0.5) is 8.78 Å². The van der Waals surface area contributed by atoms with E-state index in [0.717, 1.165) is 0 Å². The van der Waals surface area contributed by atoms with Gasteiger partial charge in [-0.1, -0.05) is 27.7 Å². The predicted octanol–water partition coefficient (Wildman–Crippen LogP) is 2.81. The number of alkyl halides is 2. The van der Waals surface area contributed by atoms with Crippen molar-refractivity contribution in [1.29, 1.82) is 0 Å². The van der Waals surface area contributed by atoms with Gasteiger partial charge in [-0.25, -0.2) is 8.78 Å². The molecule has 1 aliphatic rings. The maximum atomic E-state index is 12.8. The van der Waals surface area contributed by atoms with Gasteiger partial charge in [0.25, 0.3) is 5.92 Å². The first-order valence-corrected chi connectivity index (χ1v) is 4.93. The van der Waals surface area contributed by atoms with Gasteiger partial charge in [-0.15, -0.1) is 0 Å². The standard InChI is InChI=1S/C10H19F2N/c1-7(2)9(13-8(3)4)5-10(11,12)6-9/h7-8,13H,5-6H2,1-4H3. The van der Waals surface area contributed by atoms with Gasteiger partial charge in [-0.05, 0) is 5.92 Å². The molecule has 0 unspecified atom stereocenters. The van der Waals surface area contributed by atoms with Crippen LogP contribution >= 0.6 is 0 Å². The second kappa shape index (κ2) is 3.19. The van der Waals surface area contributed by atoms with E-state index in [1.807, 2.05) is 27.7 Å². The summed E-state index contributed by atoms with van der Waals surface area (Å²) in [5.41, 5.74) is -0.322. The first-order chi connectivity index (χ1) is 5.77. The van der Waals surface area contributed by atoms with Crippen molar-refractivity contribution in [2.45, 2.75) is 58.0 Å². The minimum Gasteiger partial charge on any atom is -0.308 e. The Bertz CT molecular complexity index is 174. The first-order valence-electron chi connectivity index (χ1n) is 4.93. The molecule has 0 aromatic heterocycles. The molecule has 1 aliphatic carbocycles. The van der Waals surface area contributed by atoms with Crippen LogP contribution in [-0.2, 0) is 0 Å². The third kappa shape index (κ3) is 2.19. The van der Waals surface area contributed by atoms with Gasteiger partial charge in [0, 0.05) is 24.4 Å². The fraction of sp³-hybridized carbons (Fsp3) is 1.00. The Morgan fingerprint density at radius 1 is 1.08 bits per heavy atom. The van der Waals surface area contributed by atoms with Gasteiger partial charge in [-0.3, -0.25) is 0 Å². The van der Waals surface area contributed by atoms with E-state index in [1.54, 1.807) is 0 Å². The Labute approximate surface area is 78.9 Å². The van der Waals surface area contributed by atoms with Crippen molar-refractivity contribution in [2.75, 3.05) is 0 Å². The van der Waals surface area contributed by atoms with Crippen LogP contribution in [0.25, 0.3) is 0 Å². The van der Waals surface area contributed by atoms with Crippen LogP contribution in [0.2, 0.25) is 0 Å². The molecule has 13 heavy (non-hydrogen) atoms. The number of hydrogen-bond acceptors (Lipinski definition) is 1. The number of nitrogens with one attached hydrogen (secondary N) is 1. The highest BCUT2D eigenvalue weighted by Crippen LogP contribution is 2.49. The van der Waals surface area contributed by atoms with E-state index in [9.17, 15) is 8.78 Å².